The standard InChI is InChI=1S/C20H34O3/c1-9-23-17-15(18(2,3)4)12-14(10-11-16(21)22)13-20(17,8)19(5,6)7/h12-13,17H,9-11H2,1-8H3,(H,21,22). The number of carboxylic acid groups (broad SMARTS) is 1. The third-order valence-corrected chi connectivity index (χ3v) is 5.10. The Balaban J connectivity index is 3.41. The van der Waals surface area contributed by atoms with Gasteiger partial charge in [-0.25, -0.2) is 0 Å². The van der Waals surface area contributed by atoms with Crippen molar-refractivity contribution in [3.05, 3.63) is 23.3 Å². The highest BCUT2D eigenvalue weighted by atomic mass is 16.5. The van der Waals surface area contributed by atoms with Crippen LogP contribution < -0.4 is 0 Å². The number of carbonyl (C=O) groups is 1. The van der Waals surface area contributed by atoms with Crippen LogP contribution >= 0.6 is 0 Å². The number of carboxylic acids is 1. The smallest absolute Gasteiger partial charge is 0.303 e. The number of allylic oxidation sites excluding steroid dienone is 2. The molecule has 0 aromatic heterocycles. The number of rotatable bonds is 5. The Morgan fingerprint density at radius 1 is 1.26 bits per heavy atom. The molecule has 23 heavy (non-hydrogen) atoms. The van der Waals surface area contributed by atoms with Crippen molar-refractivity contribution in [2.24, 2.45) is 16.2 Å². The second kappa shape index (κ2) is 6.80. The summed E-state index contributed by atoms with van der Waals surface area (Å²) in [6.45, 7) is 18.2. The highest BCUT2D eigenvalue weighted by Gasteiger charge is 2.48. The van der Waals surface area contributed by atoms with Gasteiger partial charge in [-0.15, -0.1) is 0 Å². The predicted octanol–water partition coefficient (Wildman–Crippen LogP) is 5.22. The second-order valence-corrected chi connectivity index (χ2v) is 8.83. The Morgan fingerprint density at radius 3 is 2.22 bits per heavy atom. The van der Waals surface area contributed by atoms with Crippen molar-refractivity contribution in [1.29, 1.82) is 0 Å². The Morgan fingerprint density at radius 2 is 1.83 bits per heavy atom. The van der Waals surface area contributed by atoms with Crippen LogP contribution in [0, 0.1) is 16.2 Å². The van der Waals surface area contributed by atoms with Gasteiger partial charge in [0, 0.05) is 18.4 Å². The maximum absolute atomic E-state index is 11.0. The van der Waals surface area contributed by atoms with Gasteiger partial charge in [0.2, 0.25) is 0 Å². The minimum absolute atomic E-state index is 0.00602. The summed E-state index contributed by atoms with van der Waals surface area (Å²) in [6, 6.07) is 0. The molecule has 1 rings (SSSR count). The van der Waals surface area contributed by atoms with Crippen LogP contribution in [0.5, 0.6) is 0 Å². The van der Waals surface area contributed by atoms with Crippen molar-refractivity contribution in [2.45, 2.75) is 74.3 Å². The summed E-state index contributed by atoms with van der Waals surface area (Å²) in [5.41, 5.74) is 2.19. The van der Waals surface area contributed by atoms with E-state index in [1.54, 1.807) is 0 Å². The molecule has 0 saturated carbocycles. The van der Waals surface area contributed by atoms with Gasteiger partial charge in [0.05, 0.1) is 6.10 Å². The number of aliphatic carboxylic acids is 1. The lowest BCUT2D eigenvalue weighted by atomic mass is 9.57. The van der Waals surface area contributed by atoms with E-state index in [0.717, 1.165) is 5.57 Å². The average Bonchev–Trinajstić information content (AvgIpc) is 2.36. The molecule has 0 saturated heterocycles. The van der Waals surface area contributed by atoms with E-state index in [1.165, 1.54) is 5.57 Å². The largest absolute Gasteiger partial charge is 0.481 e. The SMILES string of the molecule is CCOC1C(C(C)(C)C)=CC(CCC(=O)O)=CC1(C)C(C)(C)C. The Bertz CT molecular complexity index is 500. The molecule has 1 N–H and O–H groups in total. The molecule has 0 spiro atoms. The lowest BCUT2D eigenvalue weighted by Gasteiger charge is -2.50. The van der Waals surface area contributed by atoms with Gasteiger partial charge in [0.15, 0.2) is 0 Å². The Kier molecular flexibility index (Phi) is 5.90. The first-order valence-corrected chi connectivity index (χ1v) is 8.60. The molecule has 2 unspecified atom stereocenters. The van der Waals surface area contributed by atoms with Gasteiger partial charge >= 0.3 is 5.97 Å². The van der Waals surface area contributed by atoms with E-state index in [1.807, 2.05) is 6.92 Å². The van der Waals surface area contributed by atoms with Crippen LogP contribution in [0.25, 0.3) is 0 Å². The molecule has 0 radical (unpaired) electrons. The fourth-order valence-corrected chi connectivity index (χ4v) is 3.15. The Hall–Kier alpha value is -1.09. The molecule has 132 valence electrons. The number of hydrogen-bond acceptors (Lipinski definition) is 2. The molecule has 0 aromatic rings. The van der Waals surface area contributed by atoms with E-state index < -0.39 is 5.97 Å². The zero-order chi connectivity index (χ0) is 18.1. The first-order valence-electron chi connectivity index (χ1n) is 8.60. The molecule has 3 nitrogen and oxygen atoms in total. The molecular weight excluding hydrogens is 288 g/mol. The summed E-state index contributed by atoms with van der Waals surface area (Å²) in [5.74, 6) is -0.749. The van der Waals surface area contributed by atoms with Gasteiger partial charge in [-0.2, -0.15) is 0 Å². The fraction of sp³-hybridized carbons (Fsp3) is 0.750. The maximum atomic E-state index is 11.0. The minimum Gasteiger partial charge on any atom is -0.481 e. The predicted molar refractivity (Wildman–Crippen MR) is 95.5 cm³/mol. The van der Waals surface area contributed by atoms with E-state index in [-0.39, 0.29) is 28.8 Å². The normalized spacial score (nSPS) is 25.8. The monoisotopic (exact) mass is 322 g/mol. The lowest BCUT2D eigenvalue weighted by molar-refractivity contribution is -0.136. The third-order valence-electron chi connectivity index (χ3n) is 5.10. The van der Waals surface area contributed by atoms with E-state index in [2.05, 4.69) is 60.6 Å². The molecule has 0 aliphatic heterocycles. The molecule has 0 fully saturated rings. The first-order chi connectivity index (χ1) is 10.3. The zero-order valence-corrected chi connectivity index (χ0v) is 16.1. The van der Waals surface area contributed by atoms with Crippen LogP contribution in [0.2, 0.25) is 0 Å². The summed E-state index contributed by atoms with van der Waals surface area (Å²) < 4.78 is 6.21. The van der Waals surface area contributed by atoms with Crippen molar-refractivity contribution >= 4 is 5.97 Å². The summed E-state index contributed by atoms with van der Waals surface area (Å²) in [5, 5.41) is 9.02. The van der Waals surface area contributed by atoms with Crippen LogP contribution in [0.3, 0.4) is 0 Å². The zero-order valence-electron chi connectivity index (χ0n) is 16.1. The summed E-state index contributed by atoms with van der Waals surface area (Å²) in [7, 11) is 0. The third kappa shape index (κ3) is 4.47. The van der Waals surface area contributed by atoms with Crippen LogP contribution in [-0.2, 0) is 9.53 Å². The average molecular weight is 322 g/mol. The quantitative estimate of drug-likeness (QED) is 0.754. The van der Waals surface area contributed by atoms with E-state index in [4.69, 9.17) is 9.84 Å². The van der Waals surface area contributed by atoms with E-state index >= 15 is 0 Å². The molecule has 0 bridgehead atoms. The summed E-state index contributed by atoms with van der Waals surface area (Å²) in [4.78, 5) is 11.0. The van der Waals surface area contributed by atoms with Crippen molar-refractivity contribution in [3.63, 3.8) is 0 Å². The summed E-state index contributed by atoms with van der Waals surface area (Å²) >= 11 is 0. The lowest BCUT2D eigenvalue weighted by Crippen LogP contribution is -2.48. The van der Waals surface area contributed by atoms with Crippen molar-refractivity contribution in [1.82, 2.24) is 0 Å². The van der Waals surface area contributed by atoms with Gasteiger partial charge in [-0.05, 0) is 29.7 Å². The highest BCUT2D eigenvalue weighted by Crippen LogP contribution is 2.52. The molecular formula is C20H34O3. The topological polar surface area (TPSA) is 46.5 Å². The molecule has 0 heterocycles. The second-order valence-electron chi connectivity index (χ2n) is 8.83. The van der Waals surface area contributed by atoms with Gasteiger partial charge in [0.25, 0.3) is 0 Å². The first kappa shape index (κ1) is 20.0. The summed E-state index contributed by atoms with van der Waals surface area (Å²) in [6.07, 6.45) is 5.18. The number of hydrogen-bond donors (Lipinski definition) is 1. The molecule has 0 aromatic carbocycles. The number of ether oxygens (including phenoxy) is 1. The van der Waals surface area contributed by atoms with E-state index in [0.29, 0.717) is 13.0 Å². The van der Waals surface area contributed by atoms with Gasteiger partial charge in [0.1, 0.15) is 0 Å². The van der Waals surface area contributed by atoms with Gasteiger partial charge < -0.3 is 9.84 Å². The van der Waals surface area contributed by atoms with Crippen LogP contribution in [0.4, 0.5) is 0 Å². The minimum atomic E-state index is -0.749. The highest BCUT2D eigenvalue weighted by molar-refractivity contribution is 5.67. The molecule has 0 amide bonds. The van der Waals surface area contributed by atoms with E-state index in [9.17, 15) is 4.79 Å². The molecule has 1 aliphatic rings. The van der Waals surface area contributed by atoms with Crippen molar-refractivity contribution < 1.29 is 14.6 Å². The molecule has 2 atom stereocenters. The van der Waals surface area contributed by atoms with Crippen molar-refractivity contribution in [3.8, 4) is 0 Å². The van der Waals surface area contributed by atoms with Gasteiger partial charge in [-0.3, -0.25) is 4.79 Å². The maximum Gasteiger partial charge on any atom is 0.303 e. The Labute approximate surface area is 141 Å². The van der Waals surface area contributed by atoms with Crippen molar-refractivity contribution in [2.75, 3.05) is 6.61 Å². The molecule has 3 heteroatoms. The van der Waals surface area contributed by atoms with Crippen LogP contribution in [0.15, 0.2) is 23.3 Å². The fourth-order valence-electron chi connectivity index (χ4n) is 3.15. The van der Waals surface area contributed by atoms with Gasteiger partial charge in [-0.1, -0.05) is 66.2 Å². The molecule has 1 aliphatic carbocycles. The van der Waals surface area contributed by atoms with Crippen LogP contribution in [-0.4, -0.2) is 23.8 Å². The van der Waals surface area contributed by atoms with Crippen LogP contribution in [0.1, 0.15) is 68.2 Å².